The highest BCUT2D eigenvalue weighted by Gasteiger charge is 2.14. The zero-order valence-electron chi connectivity index (χ0n) is 17.6. The zero-order valence-corrected chi connectivity index (χ0v) is 17.6. The molecule has 0 aliphatic rings. The Bertz CT molecular complexity index is 1300. The molecule has 0 spiro atoms. The predicted molar refractivity (Wildman–Crippen MR) is 133 cm³/mol. The first kappa shape index (κ1) is 19.7. The lowest BCUT2D eigenvalue weighted by molar-refractivity contribution is 0.103. The summed E-state index contributed by atoms with van der Waals surface area (Å²) in [5.41, 5.74) is 7.79. The van der Waals surface area contributed by atoms with Crippen LogP contribution in [0, 0.1) is 0 Å². The summed E-state index contributed by atoms with van der Waals surface area (Å²) < 4.78 is 0. The molecule has 0 saturated heterocycles. The van der Waals surface area contributed by atoms with Crippen LogP contribution in [0.3, 0.4) is 0 Å². The largest absolute Gasteiger partial charge is 0.289 e. The van der Waals surface area contributed by atoms with Crippen molar-refractivity contribution in [3.63, 3.8) is 0 Å². The SMILES string of the molecule is O=C(c1cccc(-c2ccccc2)c1)c1cc(-c2ccccc2)cc(-c2ccccc2)c1. The lowest BCUT2D eigenvalue weighted by Crippen LogP contribution is -2.02. The number of carbonyl (C=O) groups is 1. The minimum absolute atomic E-state index is 0.0257. The van der Waals surface area contributed by atoms with Crippen LogP contribution in [-0.2, 0) is 0 Å². The number of benzene rings is 5. The number of carbonyl (C=O) groups excluding carboxylic acids is 1. The van der Waals surface area contributed by atoms with E-state index in [0.717, 1.165) is 33.4 Å². The van der Waals surface area contributed by atoms with E-state index in [2.05, 4.69) is 42.5 Å². The minimum Gasteiger partial charge on any atom is -0.289 e. The summed E-state index contributed by atoms with van der Waals surface area (Å²) in [6.07, 6.45) is 0. The van der Waals surface area contributed by atoms with E-state index < -0.39 is 0 Å². The highest BCUT2D eigenvalue weighted by Crippen LogP contribution is 2.30. The van der Waals surface area contributed by atoms with Gasteiger partial charge in [0.2, 0.25) is 0 Å². The van der Waals surface area contributed by atoms with Gasteiger partial charge in [0.1, 0.15) is 0 Å². The van der Waals surface area contributed by atoms with Gasteiger partial charge in [-0.15, -0.1) is 0 Å². The van der Waals surface area contributed by atoms with Crippen molar-refractivity contribution >= 4 is 5.78 Å². The molecule has 32 heavy (non-hydrogen) atoms. The Morgan fingerprint density at radius 1 is 0.344 bits per heavy atom. The fourth-order valence-corrected chi connectivity index (χ4v) is 3.99. The lowest BCUT2D eigenvalue weighted by atomic mass is 9.92. The van der Waals surface area contributed by atoms with Crippen molar-refractivity contribution in [3.05, 3.63) is 145 Å². The molecule has 0 bridgehead atoms. The molecule has 0 N–H and O–H groups in total. The normalized spacial score (nSPS) is 10.6. The fraction of sp³-hybridized carbons (Fsp3) is 0. The number of rotatable bonds is 5. The minimum atomic E-state index is 0.0257. The molecule has 152 valence electrons. The van der Waals surface area contributed by atoms with Crippen LogP contribution < -0.4 is 0 Å². The van der Waals surface area contributed by atoms with Gasteiger partial charge in [-0.1, -0.05) is 109 Å². The molecule has 5 aromatic carbocycles. The lowest BCUT2D eigenvalue weighted by Gasteiger charge is -2.11. The summed E-state index contributed by atoms with van der Waals surface area (Å²) in [5, 5.41) is 0. The van der Waals surface area contributed by atoms with Gasteiger partial charge in [-0.05, 0) is 57.6 Å². The first-order valence-corrected chi connectivity index (χ1v) is 10.7. The third kappa shape index (κ3) is 4.14. The topological polar surface area (TPSA) is 17.1 Å². The summed E-state index contributed by atoms with van der Waals surface area (Å²) in [6.45, 7) is 0. The van der Waals surface area contributed by atoms with Crippen molar-refractivity contribution in [2.24, 2.45) is 0 Å². The van der Waals surface area contributed by atoms with Crippen LogP contribution in [0.4, 0.5) is 0 Å². The molecule has 0 radical (unpaired) electrons. The average molecular weight is 411 g/mol. The molecular formula is C31H22O. The Kier molecular flexibility index (Phi) is 5.47. The summed E-state index contributed by atoms with van der Waals surface area (Å²) in [7, 11) is 0. The van der Waals surface area contributed by atoms with Crippen molar-refractivity contribution in [1.82, 2.24) is 0 Å². The predicted octanol–water partition coefficient (Wildman–Crippen LogP) is 7.92. The van der Waals surface area contributed by atoms with Gasteiger partial charge in [-0.3, -0.25) is 4.79 Å². The van der Waals surface area contributed by atoms with E-state index in [1.165, 1.54) is 0 Å². The van der Waals surface area contributed by atoms with Crippen molar-refractivity contribution in [3.8, 4) is 33.4 Å². The monoisotopic (exact) mass is 410 g/mol. The van der Waals surface area contributed by atoms with Crippen LogP contribution in [0.15, 0.2) is 133 Å². The van der Waals surface area contributed by atoms with Crippen molar-refractivity contribution in [2.45, 2.75) is 0 Å². The Morgan fingerprint density at radius 2 is 0.750 bits per heavy atom. The summed E-state index contributed by atoms with van der Waals surface area (Å²) >= 11 is 0. The Morgan fingerprint density at radius 3 is 1.25 bits per heavy atom. The van der Waals surface area contributed by atoms with Gasteiger partial charge in [0, 0.05) is 11.1 Å². The van der Waals surface area contributed by atoms with Gasteiger partial charge >= 0.3 is 0 Å². The van der Waals surface area contributed by atoms with E-state index in [1.54, 1.807) is 0 Å². The van der Waals surface area contributed by atoms with Crippen LogP contribution >= 0.6 is 0 Å². The molecule has 0 aliphatic heterocycles. The number of hydrogen-bond donors (Lipinski definition) is 0. The van der Waals surface area contributed by atoms with Gasteiger partial charge in [0.05, 0.1) is 0 Å². The number of ketones is 1. The third-order valence-corrected chi connectivity index (χ3v) is 5.64. The van der Waals surface area contributed by atoms with E-state index in [9.17, 15) is 4.79 Å². The van der Waals surface area contributed by atoms with Crippen LogP contribution in [0.25, 0.3) is 33.4 Å². The second-order valence-electron chi connectivity index (χ2n) is 7.81. The average Bonchev–Trinajstić information content (AvgIpc) is 2.89. The fourth-order valence-electron chi connectivity index (χ4n) is 3.99. The van der Waals surface area contributed by atoms with Gasteiger partial charge in [0.25, 0.3) is 0 Å². The van der Waals surface area contributed by atoms with Gasteiger partial charge < -0.3 is 0 Å². The molecule has 5 aromatic rings. The second-order valence-corrected chi connectivity index (χ2v) is 7.81. The molecule has 0 aliphatic carbocycles. The van der Waals surface area contributed by atoms with Crippen LogP contribution in [-0.4, -0.2) is 5.78 Å². The maximum atomic E-state index is 13.6. The zero-order chi connectivity index (χ0) is 21.8. The molecule has 0 saturated carbocycles. The Balaban J connectivity index is 1.61. The van der Waals surface area contributed by atoms with Crippen molar-refractivity contribution < 1.29 is 4.79 Å². The summed E-state index contributed by atoms with van der Waals surface area (Å²) in [4.78, 5) is 13.6. The second kappa shape index (κ2) is 8.87. The highest BCUT2D eigenvalue weighted by molar-refractivity contribution is 6.10. The Hall–Kier alpha value is -4.23. The molecule has 1 heteroatoms. The number of hydrogen-bond acceptors (Lipinski definition) is 1. The summed E-state index contributed by atoms with van der Waals surface area (Å²) in [5.74, 6) is 0.0257. The molecule has 0 atom stereocenters. The maximum Gasteiger partial charge on any atom is 0.193 e. The van der Waals surface area contributed by atoms with Crippen LogP contribution in [0.1, 0.15) is 15.9 Å². The van der Waals surface area contributed by atoms with E-state index in [-0.39, 0.29) is 5.78 Å². The van der Waals surface area contributed by atoms with E-state index in [1.807, 2.05) is 91.0 Å². The molecule has 1 nitrogen and oxygen atoms in total. The quantitative estimate of drug-likeness (QED) is 0.269. The molecule has 0 fully saturated rings. The first-order valence-electron chi connectivity index (χ1n) is 10.7. The van der Waals surface area contributed by atoms with Gasteiger partial charge in [-0.2, -0.15) is 0 Å². The third-order valence-electron chi connectivity index (χ3n) is 5.64. The van der Waals surface area contributed by atoms with Crippen molar-refractivity contribution in [2.75, 3.05) is 0 Å². The van der Waals surface area contributed by atoms with Crippen LogP contribution in [0.2, 0.25) is 0 Å². The smallest absolute Gasteiger partial charge is 0.193 e. The first-order chi connectivity index (χ1) is 15.8. The van der Waals surface area contributed by atoms with E-state index >= 15 is 0 Å². The maximum absolute atomic E-state index is 13.6. The molecular weight excluding hydrogens is 388 g/mol. The molecule has 0 amide bonds. The summed E-state index contributed by atoms with van der Waals surface area (Å²) in [6, 6.07) is 44.6. The Labute approximate surface area is 188 Å². The molecule has 0 heterocycles. The highest BCUT2D eigenvalue weighted by atomic mass is 16.1. The van der Waals surface area contributed by atoms with E-state index in [0.29, 0.717) is 11.1 Å². The molecule has 5 rings (SSSR count). The van der Waals surface area contributed by atoms with Gasteiger partial charge in [0.15, 0.2) is 5.78 Å². The molecule has 0 aromatic heterocycles. The molecule has 0 unspecified atom stereocenters. The van der Waals surface area contributed by atoms with Crippen LogP contribution in [0.5, 0.6) is 0 Å². The van der Waals surface area contributed by atoms with Gasteiger partial charge in [-0.25, -0.2) is 0 Å². The van der Waals surface area contributed by atoms with E-state index in [4.69, 9.17) is 0 Å². The standard InChI is InChI=1S/C31H22O/c32-31(27-18-10-17-26(19-27)23-11-4-1-5-12-23)30-21-28(24-13-6-2-7-14-24)20-29(22-30)25-15-8-3-9-16-25/h1-22H. The van der Waals surface area contributed by atoms with Crippen molar-refractivity contribution in [1.29, 1.82) is 0 Å².